The lowest BCUT2D eigenvalue weighted by atomic mass is 10.2. The van der Waals surface area contributed by atoms with Crippen LogP contribution in [0.2, 0.25) is 0 Å². The van der Waals surface area contributed by atoms with Crippen LogP contribution in [0.1, 0.15) is 34.1 Å². The molecule has 0 spiro atoms. The highest BCUT2D eigenvalue weighted by Gasteiger charge is 2.25. The standard InChI is InChI=1S/C13H21NO4/c1-5-17-11(15)8-10-6-7-14(9-10)12(16)18-13(2,3)4/h6H,5,7-9H2,1-4H3. The second kappa shape index (κ2) is 5.89. The summed E-state index contributed by atoms with van der Waals surface area (Å²) >= 11 is 0. The summed E-state index contributed by atoms with van der Waals surface area (Å²) in [6.45, 7) is 8.56. The summed E-state index contributed by atoms with van der Waals surface area (Å²) in [5, 5.41) is 0. The van der Waals surface area contributed by atoms with Gasteiger partial charge in [-0.05, 0) is 33.3 Å². The van der Waals surface area contributed by atoms with E-state index >= 15 is 0 Å². The molecule has 0 saturated heterocycles. The van der Waals surface area contributed by atoms with Crippen LogP contribution in [0.15, 0.2) is 11.6 Å². The molecule has 0 aromatic carbocycles. The second-order valence-electron chi connectivity index (χ2n) is 5.21. The van der Waals surface area contributed by atoms with E-state index in [0.29, 0.717) is 19.7 Å². The Morgan fingerprint density at radius 1 is 1.39 bits per heavy atom. The van der Waals surface area contributed by atoms with E-state index in [0.717, 1.165) is 5.57 Å². The fourth-order valence-electron chi connectivity index (χ4n) is 1.60. The molecular weight excluding hydrogens is 234 g/mol. The third kappa shape index (κ3) is 4.77. The largest absolute Gasteiger partial charge is 0.466 e. The van der Waals surface area contributed by atoms with Crippen molar-refractivity contribution in [3.63, 3.8) is 0 Å². The minimum Gasteiger partial charge on any atom is -0.466 e. The molecule has 0 fully saturated rings. The second-order valence-corrected chi connectivity index (χ2v) is 5.21. The van der Waals surface area contributed by atoms with Crippen LogP contribution < -0.4 is 0 Å². The van der Waals surface area contributed by atoms with E-state index < -0.39 is 5.60 Å². The van der Waals surface area contributed by atoms with Gasteiger partial charge in [0.1, 0.15) is 5.60 Å². The van der Waals surface area contributed by atoms with E-state index in [1.165, 1.54) is 0 Å². The molecule has 5 nitrogen and oxygen atoms in total. The van der Waals surface area contributed by atoms with Crippen LogP contribution in [-0.4, -0.2) is 42.3 Å². The smallest absolute Gasteiger partial charge is 0.410 e. The van der Waals surface area contributed by atoms with E-state index in [2.05, 4.69) is 0 Å². The number of carbonyl (C=O) groups is 2. The fourth-order valence-corrected chi connectivity index (χ4v) is 1.60. The maximum absolute atomic E-state index is 11.8. The van der Waals surface area contributed by atoms with Crippen molar-refractivity contribution in [1.82, 2.24) is 4.90 Å². The van der Waals surface area contributed by atoms with Gasteiger partial charge in [-0.3, -0.25) is 4.79 Å². The van der Waals surface area contributed by atoms with Crippen LogP contribution >= 0.6 is 0 Å². The summed E-state index contributed by atoms with van der Waals surface area (Å²) < 4.78 is 10.1. The highest BCUT2D eigenvalue weighted by Crippen LogP contribution is 2.17. The first kappa shape index (κ1) is 14.5. The molecule has 5 heteroatoms. The number of amides is 1. The van der Waals surface area contributed by atoms with Crippen LogP contribution in [0.4, 0.5) is 4.79 Å². The quantitative estimate of drug-likeness (QED) is 0.572. The fraction of sp³-hybridized carbons (Fsp3) is 0.692. The molecule has 0 atom stereocenters. The van der Waals surface area contributed by atoms with Gasteiger partial charge in [-0.15, -0.1) is 0 Å². The van der Waals surface area contributed by atoms with E-state index in [-0.39, 0.29) is 18.5 Å². The Kier molecular flexibility index (Phi) is 4.76. The molecule has 102 valence electrons. The summed E-state index contributed by atoms with van der Waals surface area (Å²) in [5.41, 5.74) is 0.403. The number of hydrogen-bond acceptors (Lipinski definition) is 4. The van der Waals surface area contributed by atoms with Crippen molar-refractivity contribution in [3.05, 3.63) is 11.6 Å². The number of nitrogens with zero attached hydrogens (tertiary/aromatic N) is 1. The third-order valence-corrected chi connectivity index (χ3v) is 2.32. The third-order valence-electron chi connectivity index (χ3n) is 2.32. The van der Waals surface area contributed by atoms with Crippen LogP contribution in [0, 0.1) is 0 Å². The first-order chi connectivity index (χ1) is 8.31. The van der Waals surface area contributed by atoms with Crippen molar-refractivity contribution in [2.75, 3.05) is 19.7 Å². The first-order valence-corrected chi connectivity index (χ1v) is 6.13. The molecule has 0 aromatic heterocycles. The maximum atomic E-state index is 11.8. The molecule has 1 rings (SSSR count). The molecule has 1 heterocycles. The highest BCUT2D eigenvalue weighted by molar-refractivity contribution is 5.74. The van der Waals surface area contributed by atoms with Gasteiger partial charge in [0, 0.05) is 13.1 Å². The maximum Gasteiger partial charge on any atom is 0.410 e. The van der Waals surface area contributed by atoms with Gasteiger partial charge >= 0.3 is 12.1 Å². The average molecular weight is 255 g/mol. The Labute approximate surface area is 108 Å². The predicted octanol–water partition coefficient (Wildman–Crippen LogP) is 2.12. The molecule has 0 saturated carbocycles. The minimum absolute atomic E-state index is 0.243. The molecule has 0 bridgehead atoms. The van der Waals surface area contributed by atoms with Gasteiger partial charge in [-0.25, -0.2) is 4.79 Å². The van der Waals surface area contributed by atoms with E-state index in [1.807, 2.05) is 26.8 Å². The summed E-state index contributed by atoms with van der Waals surface area (Å²) in [4.78, 5) is 24.6. The van der Waals surface area contributed by atoms with Gasteiger partial charge in [0.05, 0.1) is 13.0 Å². The molecule has 1 aliphatic rings. The van der Waals surface area contributed by atoms with Gasteiger partial charge in [0.2, 0.25) is 0 Å². The van der Waals surface area contributed by atoms with Crippen molar-refractivity contribution in [2.24, 2.45) is 0 Å². The van der Waals surface area contributed by atoms with Crippen molar-refractivity contribution in [2.45, 2.75) is 39.7 Å². The predicted molar refractivity (Wildman–Crippen MR) is 67.1 cm³/mol. The van der Waals surface area contributed by atoms with Crippen molar-refractivity contribution in [1.29, 1.82) is 0 Å². The Hall–Kier alpha value is -1.52. The number of ether oxygens (including phenoxy) is 2. The molecule has 0 radical (unpaired) electrons. The van der Waals surface area contributed by atoms with Gasteiger partial charge < -0.3 is 14.4 Å². The molecule has 0 unspecified atom stereocenters. The minimum atomic E-state index is -0.499. The zero-order chi connectivity index (χ0) is 13.8. The zero-order valence-corrected chi connectivity index (χ0v) is 11.5. The normalized spacial score (nSPS) is 15.3. The summed E-state index contributed by atoms with van der Waals surface area (Å²) in [5.74, 6) is -0.255. The van der Waals surface area contributed by atoms with Crippen molar-refractivity contribution < 1.29 is 19.1 Å². The number of hydrogen-bond donors (Lipinski definition) is 0. The molecule has 0 N–H and O–H groups in total. The lowest BCUT2D eigenvalue weighted by Gasteiger charge is -2.24. The van der Waals surface area contributed by atoms with Gasteiger partial charge in [-0.2, -0.15) is 0 Å². The lowest BCUT2D eigenvalue weighted by Crippen LogP contribution is -2.35. The SMILES string of the molecule is CCOC(=O)CC1=CCN(C(=O)OC(C)(C)C)C1. The van der Waals surface area contributed by atoms with Crippen molar-refractivity contribution in [3.8, 4) is 0 Å². The average Bonchev–Trinajstić information content (AvgIpc) is 2.63. The molecular formula is C13H21NO4. The topological polar surface area (TPSA) is 55.8 Å². The van der Waals surface area contributed by atoms with E-state index in [4.69, 9.17) is 9.47 Å². The molecule has 0 aliphatic carbocycles. The monoisotopic (exact) mass is 255 g/mol. The summed E-state index contributed by atoms with van der Waals surface area (Å²) in [7, 11) is 0. The summed E-state index contributed by atoms with van der Waals surface area (Å²) in [6.07, 6.45) is 1.77. The Morgan fingerprint density at radius 2 is 2.06 bits per heavy atom. The van der Waals surface area contributed by atoms with Crippen LogP contribution in [0.25, 0.3) is 0 Å². The van der Waals surface area contributed by atoms with Crippen LogP contribution in [-0.2, 0) is 14.3 Å². The van der Waals surface area contributed by atoms with Gasteiger partial charge in [-0.1, -0.05) is 6.08 Å². The molecule has 1 amide bonds. The van der Waals surface area contributed by atoms with E-state index in [1.54, 1.807) is 11.8 Å². The van der Waals surface area contributed by atoms with Gasteiger partial charge in [0.15, 0.2) is 0 Å². The lowest BCUT2D eigenvalue weighted by molar-refractivity contribution is -0.142. The van der Waals surface area contributed by atoms with E-state index in [9.17, 15) is 9.59 Å². The first-order valence-electron chi connectivity index (χ1n) is 6.13. The zero-order valence-electron chi connectivity index (χ0n) is 11.5. The Morgan fingerprint density at radius 3 is 2.61 bits per heavy atom. The van der Waals surface area contributed by atoms with Crippen LogP contribution in [0.3, 0.4) is 0 Å². The number of esters is 1. The highest BCUT2D eigenvalue weighted by atomic mass is 16.6. The molecule has 18 heavy (non-hydrogen) atoms. The molecule has 0 aromatic rings. The number of carbonyl (C=O) groups excluding carboxylic acids is 2. The number of rotatable bonds is 3. The Balaban J connectivity index is 2.40. The summed E-state index contributed by atoms with van der Waals surface area (Å²) in [6, 6.07) is 0. The van der Waals surface area contributed by atoms with Crippen molar-refractivity contribution >= 4 is 12.1 Å². The molecule has 1 aliphatic heterocycles. The van der Waals surface area contributed by atoms with Gasteiger partial charge in [0.25, 0.3) is 0 Å². The Bertz CT molecular complexity index is 354. The van der Waals surface area contributed by atoms with Crippen LogP contribution in [0.5, 0.6) is 0 Å².